The highest BCUT2D eigenvalue weighted by Gasteiger charge is 2.15. The number of benzene rings is 1. The van der Waals surface area contributed by atoms with Crippen molar-refractivity contribution >= 4 is 33.3 Å². The summed E-state index contributed by atoms with van der Waals surface area (Å²) in [6.07, 6.45) is 0. The monoisotopic (exact) mass is 298 g/mol. The molecule has 0 aliphatic rings. The van der Waals surface area contributed by atoms with E-state index in [4.69, 9.17) is 11.6 Å². The first kappa shape index (κ1) is 12.4. The number of rotatable bonds is 3. The van der Waals surface area contributed by atoms with E-state index in [2.05, 4.69) is 20.7 Å². The van der Waals surface area contributed by atoms with Crippen molar-refractivity contribution in [3.63, 3.8) is 0 Å². The van der Waals surface area contributed by atoms with Crippen LogP contribution in [0.25, 0.3) is 0 Å². The number of ether oxygens (including phenoxy) is 1. The molecule has 0 bridgehead atoms. The Morgan fingerprint density at radius 3 is 2.60 bits per heavy atom. The third-order valence-corrected chi connectivity index (χ3v) is 2.81. The fourth-order valence-electron chi connectivity index (χ4n) is 0.997. The van der Waals surface area contributed by atoms with Gasteiger partial charge in [0.2, 0.25) is 0 Å². The van der Waals surface area contributed by atoms with Gasteiger partial charge in [-0.05, 0) is 35.0 Å². The molecule has 0 aliphatic carbocycles. The van der Waals surface area contributed by atoms with Gasteiger partial charge in [0.15, 0.2) is 5.78 Å². The molecule has 1 aromatic rings. The molecule has 0 aromatic heterocycles. The summed E-state index contributed by atoms with van der Waals surface area (Å²) >= 11 is 8.78. The predicted molar refractivity (Wildman–Crippen MR) is 55.8 cm³/mol. The lowest BCUT2D eigenvalue weighted by Crippen LogP contribution is -2.06. The van der Waals surface area contributed by atoms with E-state index >= 15 is 0 Å². The number of Topliss-reactive ketones (excluding diaryl/α,β-unsaturated/α-hetero) is 1. The van der Waals surface area contributed by atoms with E-state index in [1.54, 1.807) is 0 Å². The molecule has 6 heteroatoms. The molecule has 0 saturated heterocycles. The van der Waals surface area contributed by atoms with Gasteiger partial charge in [0.05, 0.1) is 10.6 Å². The van der Waals surface area contributed by atoms with Crippen molar-refractivity contribution in [1.29, 1.82) is 0 Å². The van der Waals surface area contributed by atoms with Gasteiger partial charge in [0.25, 0.3) is 0 Å². The summed E-state index contributed by atoms with van der Waals surface area (Å²) in [6, 6.07) is 2.52. The molecule has 0 unspecified atom stereocenters. The third-order valence-electron chi connectivity index (χ3n) is 1.62. The molecule has 1 aromatic carbocycles. The largest absolute Gasteiger partial charge is 0.434 e. The van der Waals surface area contributed by atoms with E-state index in [-0.39, 0.29) is 22.1 Å². The van der Waals surface area contributed by atoms with Crippen LogP contribution in [0.1, 0.15) is 17.3 Å². The van der Waals surface area contributed by atoms with Crippen LogP contribution < -0.4 is 4.74 Å². The van der Waals surface area contributed by atoms with E-state index in [1.165, 1.54) is 19.1 Å². The first-order valence-corrected chi connectivity index (χ1v) is 5.03. The van der Waals surface area contributed by atoms with E-state index in [0.717, 1.165) is 0 Å². The van der Waals surface area contributed by atoms with Gasteiger partial charge in [-0.25, -0.2) is 0 Å². The number of carbonyl (C=O) groups is 1. The van der Waals surface area contributed by atoms with Gasteiger partial charge < -0.3 is 4.74 Å². The summed E-state index contributed by atoms with van der Waals surface area (Å²) in [5.74, 6) is -0.575. The number of ketones is 1. The average molecular weight is 299 g/mol. The lowest BCUT2D eigenvalue weighted by Gasteiger charge is -2.09. The van der Waals surface area contributed by atoms with E-state index in [1.807, 2.05) is 0 Å². The Labute approximate surface area is 98.3 Å². The maximum atomic E-state index is 12.0. The van der Waals surface area contributed by atoms with Gasteiger partial charge in [-0.1, -0.05) is 11.6 Å². The first-order valence-electron chi connectivity index (χ1n) is 3.86. The minimum Gasteiger partial charge on any atom is -0.434 e. The van der Waals surface area contributed by atoms with Crippen LogP contribution in [0.2, 0.25) is 5.02 Å². The summed E-state index contributed by atoms with van der Waals surface area (Å²) in [4.78, 5) is 11.1. The Hall–Kier alpha value is -0.680. The molecule has 15 heavy (non-hydrogen) atoms. The van der Waals surface area contributed by atoms with Crippen LogP contribution in [-0.2, 0) is 0 Å². The Kier molecular flexibility index (Phi) is 4.04. The molecule has 0 atom stereocenters. The molecule has 0 heterocycles. The van der Waals surface area contributed by atoms with Crippen molar-refractivity contribution in [3.8, 4) is 5.75 Å². The molecule has 0 aliphatic heterocycles. The van der Waals surface area contributed by atoms with Crippen molar-refractivity contribution in [2.75, 3.05) is 0 Å². The fourth-order valence-corrected chi connectivity index (χ4v) is 1.48. The highest BCUT2D eigenvalue weighted by atomic mass is 79.9. The van der Waals surface area contributed by atoms with Crippen molar-refractivity contribution in [2.45, 2.75) is 13.5 Å². The number of hydrogen-bond acceptors (Lipinski definition) is 2. The number of hydrogen-bond donors (Lipinski definition) is 0. The molecular weight excluding hydrogens is 293 g/mol. The number of alkyl halides is 2. The Morgan fingerprint density at radius 1 is 1.53 bits per heavy atom. The molecule has 0 saturated carbocycles. The van der Waals surface area contributed by atoms with Crippen LogP contribution in [0.15, 0.2) is 16.6 Å². The van der Waals surface area contributed by atoms with Crippen molar-refractivity contribution in [1.82, 2.24) is 0 Å². The second-order valence-corrected chi connectivity index (χ2v) is 3.96. The summed E-state index contributed by atoms with van der Waals surface area (Å²) in [7, 11) is 0. The van der Waals surface area contributed by atoms with Gasteiger partial charge in [-0.2, -0.15) is 8.78 Å². The van der Waals surface area contributed by atoms with E-state index in [0.29, 0.717) is 4.47 Å². The summed E-state index contributed by atoms with van der Waals surface area (Å²) < 4.78 is 28.6. The van der Waals surface area contributed by atoms with Crippen LogP contribution in [0.3, 0.4) is 0 Å². The predicted octanol–water partition coefficient (Wildman–Crippen LogP) is 3.91. The molecule has 0 N–H and O–H groups in total. The third kappa shape index (κ3) is 3.14. The first-order chi connectivity index (χ1) is 6.91. The average Bonchev–Trinajstić information content (AvgIpc) is 2.09. The summed E-state index contributed by atoms with van der Waals surface area (Å²) in [5, 5.41) is 0.266. The van der Waals surface area contributed by atoms with Gasteiger partial charge in [-0.15, -0.1) is 0 Å². The van der Waals surface area contributed by atoms with Crippen LogP contribution in [0.4, 0.5) is 8.78 Å². The van der Waals surface area contributed by atoms with Crippen molar-refractivity contribution in [3.05, 3.63) is 27.2 Å². The molecule has 2 nitrogen and oxygen atoms in total. The van der Waals surface area contributed by atoms with Gasteiger partial charge in [0.1, 0.15) is 5.75 Å². The summed E-state index contributed by atoms with van der Waals surface area (Å²) in [6.45, 7) is -1.73. The molecular formula is C9H6BrClF2O2. The molecule has 0 spiro atoms. The maximum Gasteiger partial charge on any atom is 0.387 e. The normalized spacial score (nSPS) is 10.5. The maximum absolute atomic E-state index is 12.0. The summed E-state index contributed by atoms with van der Waals surface area (Å²) in [5.41, 5.74) is 0.0310. The lowest BCUT2D eigenvalue weighted by molar-refractivity contribution is -0.0501. The quantitative estimate of drug-likeness (QED) is 0.791. The molecule has 1 rings (SSSR count). The zero-order valence-corrected chi connectivity index (χ0v) is 9.90. The fraction of sp³-hybridized carbons (Fsp3) is 0.222. The van der Waals surface area contributed by atoms with E-state index in [9.17, 15) is 13.6 Å². The van der Waals surface area contributed by atoms with Crippen LogP contribution in [-0.4, -0.2) is 12.4 Å². The second kappa shape index (κ2) is 4.90. The van der Waals surface area contributed by atoms with Crippen LogP contribution >= 0.6 is 27.5 Å². The van der Waals surface area contributed by atoms with Gasteiger partial charge in [-0.3, -0.25) is 4.79 Å². The Balaban J connectivity index is 3.22. The van der Waals surface area contributed by atoms with Crippen LogP contribution in [0, 0.1) is 0 Å². The van der Waals surface area contributed by atoms with Gasteiger partial charge >= 0.3 is 6.61 Å². The topological polar surface area (TPSA) is 26.3 Å². The molecule has 0 amide bonds. The van der Waals surface area contributed by atoms with Crippen LogP contribution in [0.5, 0.6) is 5.75 Å². The Morgan fingerprint density at radius 2 is 2.13 bits per heavy atom. The number of carbonyl (C=O) groups excluding carboxylic acids is 1. The molecule has 0 radical (unpaired) electrons. The van der Waals surface area contributed by atoms with E-state index < -0.39 is 6.61 Å². The number of halogens is 4. The smallest absolute Gasteiger partial charge is 0.387 e. The molecule has 0 fully saturated rings. The van der Waals surface area contributed by atoms with Crippen molar-refractivity contribution < 1.29 is 18.3 Å². The SMILES string of the molecule is CC(=O)c1cc(Cl)c(Br)cc1OC(F)F. The van der Waals surface area contributed by atoms with Crippen molar-refractivity contribution in [2.24, 2.45) is 0 Å². The highest BCUT2D eigenvalue weighted by molar-refractivity contribution is 9.10. The zero-order valence-electron chi connectivity index (χ0n) is 7.56. The molecule has 82 valence electrons. The minimum atomic E-state index is -2.98. The Bertz CT molecular complexity index is 396. The van der Waals surface area contributed by atoms with Gasteiger partial charge in [0, 0.05) is 4.47 Å². The minimum absolute atomic E-state index is 0.0310. The lowest BCUT2D eigenvalue weighted by atomic mass is 10.1. The zero-order chi connectivity index (χ0) is 11.6. The standard InChI is InChI=1S/C9H6BrClF2O2/c1-4(14)5-2-7(11)6(10)3-8(5)15-9(12)13/h2-3,9H,1H3. The second-order valence-electron chi connectivity index (χ2n) is 2.70. The highest BCUT2D eigenvalue weighted by Crippen LogP contribution is 2.32.